The molecule has 2 heterocycles. The number of nitrogens with one attached hydrogen (secondary N) is 1. The fourth-order valence-corrected chi connectivity index (χ4v) is 1.30. The zero-order valence-corrected chi connectivity index (χ0v) is 8.18. The molecular weight excluding hydrogens is 196 g/mol. The molecule has 0 radical (unpaired) electrons. The third-order valence-corrected chi connectivity index (χ3v) is 2.06. The number of nitrogens with zero attached hydrogens (tertiary/aromatic N) is 1. The fourth-order valence-electron chi connectivity index (χ4n) is 1.30. The number of pyridine rings is 1. The number of amides is 1. The maximum absolute atomic E-state index is 11.6. The Morgan fingerprint density at radius 1 is 1.40 bits per heavy atom. The van der Waals surface area contributed by atoms with Crippen LogP contribution in [0, 0.1) is 0 Å². The van der Waals surface area contributed by atoms with E-state index in [0.29, 0.717) is 25.5 Å². The van der Waals surface area contributed by atoms with Gasteiger partial charge in [-0.05, 0) is 12.1 Å². The molecule has 1 amide bonds. The lowest BCUT2D eigenvalue weighted by Gasteiger charge is -2.21. The van der Waals surface area contributed by atoms with Crippen molar-refractivity contribution in [1.82, 2.24) is 4.98 Å². The largest absolute Gasteiger partial charge is 0.376 e. The lowest BCUT2D eigenvalue weighted by molar-refractivity contribution is -0.142. The molecule has 0 aliphatic carbocycles. The standard InChI is InChI=1S/C10H12N2O3/c13-10(9-7-14-5-6-15-9)12-8-1-3-11-4-2-8/h1-4,9H,5-7H2,(H,11,12,13). The van der Waals surface area contributed by atoms with Gasteiger partial charge in [-0.2, -0.15) is 0 Å². The molecule has 1 aliphatic rings. The highest BCUT2D eigenvalue weighted by Gasteiger charge is 2.22. The molecule has 1 aliphatic heterocycles. The van der Waals surface area contributed by atoms with Gasteiger partial charge in [0, 0.05) is 18.1 Å². The highest BCUT2D eigenvalue weighted by Crippen LogP contribution is 2.07. The summed E-state index contributed by atoms with van der Waals surface area (Å²) in [6, 6.07) is 3.45. The topological polar surface area (TPSA) is 60.5 Å². The normalized spacial score (nSPS) is 20.9. The Hall–Kier alpha value is -1.46. The average molecular weight is 208 g/mol. The molecule has 15 heavy (non-hydrogen) atoms. The fraction of sp³-hybridized carbons (Fsp3) is 0.400. The molecule has 1 N–H and O–H groups in total. The number of anilines is 1. The zero-order valence-electron chi connectivity index (χ0n) is 8.18. The van der Waals surface area contributed by atoms with Crippen molar-refractivity contribution in [3.8, 4) is 0 Å². The van der Waals surface area contributed by atoms with Gasteiger partial charge in [-0.1, -0.05) is 0 Å². The second kappa shape index (κ2) is 4.86. The Morgan fingerprint density at radius 2 is 2.20 bits per heavy atom. The minimum Gasteiger partial charge on any atom is -0.376 e. The van der Waals surface area contributed by atoms with Gasteiger partial charge < -0.3 is 14.8 Å². The van der Waals surface area contributed by atoms with Crippen LogP contribution >= 0.6 is 0 Å². The van der Waals surface area contributed by atoms with E-state index in [2.05, 4.69) is 10.3 Å². The quantitative estimate of drug-likeness (QED) is 0.765. The molecule has 0 saturated carbocycles. The van der Waals surface area contributed by atoms with Gasteiger partial charge in [0.2, 0.25) is 0 Å². The molecule has 80 valence electrons. The number of aromatic nitrogens is 1. The van der Waals surface area contributed by atoms with E-state index in [9.17, 15) is 4.79 Å². The van der Waals surface area contributed by atoms with Crippen molar-refractivity contribution in [2.75, 3.05) is 25.1 Å². The van der Waals surface area contributed by atoms with Gasteiger partial charge >= 0.3 is 0 Å². The van der Waals surface area contributed by atoms with Crippen molar-refractivity contribution in [3.05, 3.63) is 24.5 Å². The van der Waals surface area contributed by atoms with Crippen LogP contribution in [0.25, 0.3) is 0 Å². The molecule has 1 fully saturated rings. The molecule has 0 aromatic carbocycles. The predicted octanol–water partition coefficient (Wildman–Crippen LogP) is 0.435. The molecule has 5 heteroatoms. The van der Waals surface area contributed by atoms with E-state index in [1.54, 1.807) is 24.5 Å². The van der Waals surface area contributed by atoms with Gasteiger partial charge in [0.05, 0.1) is 19.8 Å². The van der Waals surface area contributed by atoms with Crippen molar-refractivity contribution in [3.63, 3.8) is 0 Å². The Balaban J connectivity index is 1.91. The highest BCUT2D eigenvalue weighted by atomic mass is 16.6. The monoisotopic (exact) mass is 208 g/mol. The van der Waals surface area contributed by atoms with E-state index in [-0.39, 0.29) is 5.91 Å². The first-order valence-corrected chi connectivity index (χ1v) is 4.76. The number of hydrogen-bond acceptors (Lipinski definition) is 4. The molecular formula is C10H12N2O3. The Kier molecular flexibility index (Phi) is 3.26. The molecule has 0 bridgehead atoms. The summed E-state index contributed by atoms with van der Waals surface area (Å²) < 4.78 is 10.4. The Morgan fingerprint density at radius 3 is 2.87 bits per heavy atom. The van der Waals surface area contributed by atoms with Gasteiger partial charge in [0.1, 0.15) is 0 Å². The first kappa shape index (κ1) is 10.1. The minimum atomic E-state index is -0.507. The van der Waals surface area contributed by atoms with Crippen LogP contribution in [0.4, 0.5) is 5.69 Å². The maximum Gasteiger partial charge on any atom is 0.255 e. The molecule has 5 nitrogen and oxygen atoms in total. The molecule has 1 aromatic rings. The predicted molar refractivity (Wildman–Crippen MR) is 53.4 cm³/mol. The SMILES string of the molecule is O=C(Nc1ccncc1)C1COCCO1. The molecule has 0 spiro atoms. The summed E-state index contributed by atoms with van der Waals surface area (Å²) in [7, 11) is 0. The van der Waals surface area contributed by atoms with E-state index in [4.69, 9.17) is 9.47 Å². The first-order chi connectivity index (χ1) is 7.36. The van der Waals surface area contributed by atoms with E-state index >= 15 is 0 Å². The van der Waals surface area contributed by atoms with Crippen molar-refractivity contribution < 1.29 is 14.3 Å². The van der Waals surface area contributed by atoms with Crippen molar-refractivity contribution >= 4 is 11.6 Å². The summed E-state index contributed by atoms with van der Waals surface area (Å²) in [4.78, 5) is 15.5. The van der Waals surface area contributed by atoms with Crippen LogP contribution in [0.15, 0.2) is 24.5 Å². The number of carbonyl (C=O) groups is 1. The van der Waals surface area contributed by atoms with Crippen LogP contribution in [0.5, 0.6) is 0 Å². The van der Waals surface area contributed by atoms with Crippen LogP contribution in [0.2, 0.25) is 0 Å². The average Bonchev–Trinajstić information content (AvgIpc) is 2.31. The molecule has 1 atom stereocenters. The summed E-state index contributed by atoms with van der Waals surface area (Å²) in [5.41, 5.74) is 0.712. The van der Waals surface area contributed by atoms with Gasteiger partial charge in [-0.15, -0.1) is 0 Å². The van der Waals surface area contributed by atoms with Crippen LogP contribution in [-0.4, -0.2) is 36.8 Å². The smallest absolute Gasteiger partial charge is 0.255 e. The second-order valence-electron chi connectivity index (χ2n) is 3.16. The summed E-state index contributed by atoms with van der Waals surface area (Å²) in [5, 5.41) is 2.73. The van der Waals surface area contributed by atoms with E-state index in [1.165, 1.54) is 0 Å². The van der Waals surface area contributed by atoms with E-state index < -0.39 is 6.10 Å². The number of carbonyl (C=O) groups excluding carboxylic acids is 1. The van der Waals surface area contributed by atoms with Crippen LogP contribution in [-0.2, 0) is 14.3 Å². The summed E-state index contributed by atoms with van der Waals surface area (Å²) in [5.74, 6) is -0.180. The third kappa shape index (κ3) is 2.74. The molecule has 1 aromatic heterocycles. The number of hydrogen-bond donors (Lipinski definition) is 1. The van der Waals surface area contributed by atoms with Gasteiger partial charge in [-0.25, -0.2) is 0 Å². The number of rotatable bonds is 2. The summed E-state index contributed by atoms with van der Waals surface area (Å²) >= 11 is 0. The first-order valence-electron chi connectivity index (χ1n) is 4.76. The molecule has 1 saturated heterocycles. The summed E-state index contributed by atoms with van der Waals surface area (Å²) in [6.07, 6.45) is 2.73. The lowest BCUT2D eigenvalue weighted by atomic mass is 10.3. The Bertz CT molecular complexity index is 323. The van der Waals surface area contributed by atoms with Gasteiger partial charge in [-0.3, -0.25) is 9.78 Å². The van der Waals surface area contributed by atoms with Gasteiger partial charge in [0.15, 0.2) is 6.10 Å². The molecule has 2 rings (SSSR count). The zero-order chi connectivity index (χ0) is 10.5. The van der Waals surface area contributed by atoms with Crippen LogP contribution in [0.1, 0.15) is 0 Å². The van der Waals surface area contributed by atoms with Crippen molar-refractivity contribution in [2.24, 2.45) is 0 Å². The summed E-state index contributed by atoms with van der Waals surface area (Å²) in [6.45, 7) is 1.34. The maximum atomic E-state index is 11.6. The number of ether oxygens (including phenoxy) is 2. The van der Waals surface area contributed by atoms with E-state index in [1.807, 2.05) is 0 Å². The highest BCUT2D eigenvalue weighted by molar-refractivity contribution is 5.94. The van der Waals surface area contributed by atoms with Crippen molar-refractivity contribution in [2.45, 2.75) is 6.10 Å². The van der Waals surface area contributed by atoms with Gasteiger partial charge in [0.25, 0.3) is 5.91 Å². The Labute approximate surface area is 87.4 Å². The lowest BCUT2D eigenvalue weighted by Crippen LogP contribution is -2.39. The minimum absolute atomic E-state index is 0.180. The molecule has 1 unspecified atom stereocenters. The third-order valence-electron chi connectivity index (χ3n) is 2.06. The van der Waals surface area contributed by atoms with Crippen LogP contribution < -0.4 is 5.32 Å². The van der Waals surface area contributed by atoms with Crippen LogP contribution in [0.3, 0.4) is 0 Å². The second-order valence-corrected chi connectivity index (χ2v) is 3.16. The van der Waals surface area contributed by atoms with Crippen molar-refractivity contribution in [1.29, 1.82) is 0 Å². The van der Waals surface area contributed by atoms with E-state index in [0.717, 1.165) is 0 Å².